The summed E-state index contributed by atoms with van der Waals surface area (Å²) < 4.78 is 40.8. The fourth-order valence-corrected chi connectivity index (χ4v) is 1.96. The number of alkyl halides is 3. The van der Waals surface area contributed by atoms with Crippen LogP contribution in [-0.4, -0.2) is 22.3 Å². The first-order valence-electron chi connectivity index (χ1n) is 6.26. The molecular formula is C14H9F3N2O5. The second-order valence-corrected chi connectivity index (χ2v) is 4.59. The number of nitro groups is 1. The molecular weight excluding hydrogens is 333 g/mol. The van der Waals surface area contributed by atoms with E-state index < -0.39 is 34.4 Å². The SMILES string of the molecule is NC(=O)c1cccc(-c2cc([N+](=O)[O-])cc(OC(F)(F)F)c2O)c1. The number of phenols is 1. The topological polar surface area (TPSA) is 116 Å². The Bertz CT molecular complexity index is 821. The Balaban J connectivity index is 2.66. The first-order chi connectivity index (χ1) is 11.1. The van der Waals surface area contributed by atoms with E-state index >= 15 is 0 Å². The third-order valence-corrected chi connectivity index (χ3v) is 2.95. The number of rotatable bonds is 4. The average Bonchev–Trinajstić information content (AvgIpc) is 2.47. The number of carbonyl (C=O) groups is 1. The van der Waals surface area contributed by atoms with Crippen LogP contribution in [0.1, 0.15) is 10.4 Å². The van der Waals surface area contributed by atoms with Gasteiger partial charge in [0.15, 0.2) is 11.5 Å². The molecule has 7 nitrogen and oxygen atoms in total. The number of benzene rings is 2. The van der Waals surface area contributed by atoms with E-state index in [1.54, 1.807) is 0 Å². The van der Waals surface area contributed by atoms with Crippen LogP contribution in [0.4, 0.5) is 18.9 Å². The van der Waals surface area contributed by atoms with Crippen molar-refractivity contribution < 1.29 is 32.7 Å². The zero-order valence-corrected chi connectivity index (χ0v) is 11.7. The largest absolute Gasteiger partial charge is 0.573 e. The number of hydrogen-bond donors (Lipinski definition) is 2. The molecule has 0 saturated carbocycles. The number of nitrogens with two attached hydrogens (primary N) is 1. The molecule has 1 amide bonds. The quantitative estimate of drug-likeness (QED) is 0.654. The van der Waals surface area contributed by atoms with Gasteiger partial charge < -0.3 is 15.6 Å². The molecule has 0 aliphatic carbocycles. The fraction of sp³-hybridized carbons (Fsp3) is 0.0714. The van der Waals surface area contributed by atoms with Gasteiger partial charge in [-0.15, -0.1) is 13.2 Å². The second kappa shape index (κ2) is 6.07. The maximum absolute atomic E-state index is 12.4. The molecule has 2 rings (SSSR count). The van der Waals surface area contributed by atoms with Crippen molar-refractivity contribution >= 4 is 11.6 Å². The van der Waals surface area contributed by atoms with E-state index in [9.17, 15) is 33.2 Å². The van der Waals surface area contributed by atoms with Gasteiger partial charge in [-0.2, -0.15) is 0 Å². The third kappa shape index (κ3) is 3.72. The number of amides is 1. The summed E-state index contributed by atoms with van der Waals surface area (Å²) in [4.78, 5) is 21.1. The monoisotopic (exact) mass is 342 g/mol. The highest BCUT2D eigenvalue weighted by molar-refractivity contribution is 5.94. The van der Waals surface area contributed by atoms with Gasteiger partial charge in [-0.05, 0) is 17.7 Å². The molecule has 0 saturated heterocycles. The number of hydrogen-bond acceptors (Lipinski definition) is 5. The van der Waals surface area contributed by atoms with Crippen molar-refractivity contribution in [2.24, 2.45) is 5.73 Å². The molecule has 3 N–H and O–H groups in total. The molecule has 2 aromatic carbocycles. The van der Waals surface area contributed by atoms with Gasteiger partial charge in [0, 0.05) is 17.2 Å². The van der Waals surface area contributed by atoms with Crippen molar-refractivity contribution in [1.29, 1.82) is 0 Å². The van der Waals surface area contributed by atoms with Gasteiger partial charge in [0.25, 0.3) is 5.69 Å². The van der Waals surface area contributed by atoms with Gasteiger partial charge in [-0.25, -0.2) is 0 Å². The van der Waals surface area contributed by atoms with Crippen LogP contribution in [0.3, 0.4) is 0 Å². The number of ether oxygens (including phenoxy) is 1. The number of carbonyl (C=O) groups excluding carboxylic acids is 1. The maximum atomic E-state index is 12.4. The maximum Gasteiger partial charge on any atom is 0.573 e. The van der Waals surface area contributed by atoms with E-state index in [2.05, 4.69) is 4.74 Å². The molecule has 0 radical (unpaired) electrons. The first-order valence-corrected chi connectivity index (χ1v) is 6.26. The van der Waals surface area contributed by atoms with Crippen LogP contribution in [0.5, 0.6) is 11.5 Å². The van der Waals surface area contributed by atoms with E-state index in [4.69, 9.17) is 5.73 Å². The number of aromatic hydroxyl groups is 1. The summed E-state index contributed by atoms with van der Waals surface area (Å²) in [7, 11) is 0. The Morgan fingerprint density at radius 1 is 1.25 bits per heavy atom. The molecule has 0 aliphatic heterocycles. The number of phenolic OH excluding ortho intramolecular Hbond substituents is 1. The van der Waals surface area contributed by atoms with E-state index in [0.717, 1.165) is 6.07 Å². The van der Waals surface area contributed by atoms with Gasteiger partial charge in [0.2, 0.25) is 5.91 Å². The Kier molecular flexibility index (Phi) is 4.31. The van der Waals surface area contributed by atoms with E-state index in [1.165, 1.54) is 24.3 Å². The van der Waals surface area contributed by atoms with Gasteiger partial charge in [0.1, 0.15) is 0 Å². The lowest BCUT2D eigenvalue weighted by Gasteiger charge is -2.13. The fourth-order valence-electron chi connectivity index (χ4n) is 1.96. The van der Waals surface area contributed by atoms with Crippen molar-refractivity contribution in [3.05, 3.63) is 52.1 Å². The average molecular weight is 342 g/mol. The van der Waals surface area contributed by atoms with Gasteiger partial charge in [-0.1, -0.05) is 12.1 Å². The Hall–Kier alpha value is -3.30. The van der Waals surface area contributed by atoms with Crippen LogP contribution < -0.4 is 10.5 Å². The predicted octanol–water partition coefficient (Wildman–Crippen LogP) is 2.96. The Morgan fingerprint density at radius 2 is 1.92 bits per heavy atom. The molecule has 0 aromatic heterocycles. The van der Waals surface area contributed by atoms with Crippen LogP contribution in [0, 0.1) is 10.1 Å². The minimum absolute atomic E-state index is 0.0108. The van der Waals surface area contributed by atoms with Crippen LogP contribution in [-0.2, 0) is 0 Å². The van der Waals surface area contributed by atoms with Crippen molar-refractivity contribution in [2.45, 2.75) is 6.36 Å². The summed E-state index contributed by atoms with van der Waals surface area (Å²) in [5.41, 5.74) is 4.13. The minimum Gasteiger partial charge on any atom is -0.504 e. The first kappa shape index (κ1) is 17.1. The zero-order valence-electron chi connectivity index (χ0n) is 11.7. The minimum atomic E-state index is -5.15. The second-order valence-electron chi connectivity index (χ2n) is 4.59. The molecule has 0 unspecified atom stereocenters. The third-order valence-electron chi connectivity index (χ3n) is 2.95. The van der Waals surface area contributed by atoms with E-state index in [-0.39, 0.29) is 16.7 Å². The van der Waals surface area contributed by atoms with Crippen molar-refractivity contribution in [1.82, 2.24) is 0 Å². The summed E-state index contributed by atoms with van der Waals surface area (Å²) in [5.74, 6) is -2.90. The molecule has 0 atom stereocenters. The number of primary amides is 1. The van der Waals surface area contributed by atoms with Crippen LogP contribution >= 0.6 is 0 Å². The normalized spacial score (nSPS) is 11.1. The molecule has 0 aliphatic rings. The summed E-state index contributed by atoms with van der Waals surface area (Å²) in [5, 5.41) is 20.9. The summed E-state index contributed by atoms with van der Waals surface area (Å²) in [6.45, 7) is 0. The van der Waals surface area contributed by atoms with E-state index in [0.29, 0.717) is 6.07 Å². The number of non-ortho nitro benzene ring substituents is 1. The molecule has 0 bridgehead atoms. The molecule has 10 heteroatoms. The lowest BCUT2D eigenvalue weighted by atomic mass is 10.0. The highest BCUT2D eigenvalue weighted by Gasteiger charge is 2.34. The van der Waals surface area contributed by atoms with Crippen LogP contribution in [0.15, 0.2) is 36.4 Å². The highest BCUT2D eigenvalue weighted by atomic mass is 19.4. The van der Waals surface area contributed by atoms with Crippen LogP contribution in [0.2, 0.25) is 0 Å². The lowest BCUT2D eigenvalue weighted by molar-refractivity contribution is -0.385. The molecule has 24 heavy (non-hydrogen) atoms. The molecule has 0 heterocycles. The highest BCUT2D eigenvalue weighted by Crippen LogP contribution is 2.42. The standard InChI is InChI=1S/C14H9F3N2O5/c15-14(16,17)24-11-6-9(19(22)23)5-10(12(11)20)7-2-1-3-8(4-7)13(18)21/h1-6,20H,(H2,18,21). The summed E-state index contributed by atoms with van der Waals surface area (Å²) in [6, 6.07) is 6.52. The molecule has 2 aromatic rings. The number of halogens is 3. The van der Waals surface area contributed by atoms with Crippen molar-refractivity contribution in [3.8, 4) is 22.6 Å². The van der Waals surface area contributed by atoms with Gasteiger partial charge in [-0.3, -0.25) is 14.9 Å². The zero-order chi connectivity index (χ0) is 18.1. The smallest absolute Gasteiger partial charge is 0.504 e. The summed E-state index contributed by atoms with van der Waals surface area (Å²) >= 11 is 0. The lowest BCUT2D eigenvalue weighted by Crippen LogP contribution is -2.17. The Labute approximate surface area is 132 Å². The summed E-state index contributed by atoms with van der Waals surface area (Å²) in [6.07, 6.45) is -5.15. The molecule has 0 fully saturated rings. The predicted molar refractivity (Wildman–Crippen MR) is 75.4 cm³/mol. The number of nitro benzene ring substituents is 1. The van der Waals surface area contributed by atoms with E-state index in [1.807, 2.05) is 0 Å². The molecule has 126 valence electrons. The van der Waals surface area contributed by atoms with Gasteiger partial charge in [0.05, 0.1) is 11.0 Å². The van der Waals surface area contributed by atoms with Gasteiger partial charge >= 0.3 is 6.36 Å². The Morgan fingerprint density at radius 3 is 2.46 bits per heavy atom. The molecule has 0 spiro atoms. The van der Waals surface area contributed by atoms with Crippen LogP contribution in [0.25, 0.3) is 11.1 Å². The van der Waals surface area contributed by atoms with Crippen molar-refractivity contribution in [2.75, 3.05) is 0 Å². The number of nitrogens with zero attached hydrogens (tertiary/aromatic N) is 1. The van der Waals surface area contributed by atoms with Crippen molar-refractivity contribution in [3.63, 3.8) is 0 Å².